The fourth-order valence-electron chi connectivity index (χ4n) is 4.36. The molecule has 2 N–H and O–H groups in total. The van der Waals surface area contributed by atoms with E-state index in [0.717, 1.165) is 17.2 Å². The topological polar surface area (TPSA) is 80.3 Å². The highest BCUT2D eigenvalue weighted by atomic mass is 19.4. The number of nitrogens with one attached hydrogen (secondary N) is 2. The number of ketones is 1. The summed E-state index contributed by atoms with van der Waals surface area (Å²) in [5, 5.41) is 5.72. The van der Waals surface area contributed by atoms with Crippen LogP contribution in [0.3, 0.4) is 0 Å². The van der Waals surface area contributed by atoms with Crippen molar-refractivity contribution in [3.63, 3.8) is 0 Å². The van der Waals surface area contributed by atoms with Crippen molar-refractivity contribution in [2.24, 2.45) is 5.41 Å². The van der Waals surface area contributed by atoms with Crippen LogP contribution in [0.1, 0.15) is 45.5 Å². The van der Waals surface area contributed by atoms with Gasteiger partial charge in [0.1, 0.15) is 0 Å². The maximum atomic E-state index is 13.4. The highest BCUT2D eigenvalue weighted by Gasteiger charge is 2.44. The van der Waals surface area contributed by atoms with Gasteiger partial charge in [0.15, 0.2) is 5.78 Å². The number of hydrogen-bond acceptors (Lipinski definition) is 5. The molecule has 1 amide bonds. The average molecular weight is 512 g/mol. The molecular weight excluding hydrogens is 483 g/mol. The van der Waals surface area contributed by atoms with Crippen molar-refractivity contribution in [2.75, 3.05) is 18.5 Å². The number of Topliss-reactive ketones (excluding diaryl/α,β-unsaturated/α-hetero) is 1. The molecule has 37 heavy (non-hydrogen) atoms. The predicted molar refractivity (Wildman–Crippen MR) is 134 cm³/mol. The second-order valence-corrected chi connectivity index (χ2v) is 9.49. The second-order valence-electron chi connectivity index (χ2n) is 9.49. The molecule has 9 heteroatoms. The van der Waals surface area contributed by atoms with Crippen molar-refractivity contribution in [1.29, 1.82) is 0 Å². The normalized spacial score (nSPS) is 17.4. The summed E-state index contributed by atoms with van der Waals surface area (Å²) in [7, 11) is 0. The minimum absolute atomic E-state index is 0.0188. The van der Waals surface area contributed by atoms with E-state index in [2.05, 4.69) is 15.6 Å². The van der Waals surface area contributed by atoms with Gasteiger partial charge in [-0.1, -0.05) is 23.8 Å². The maximum absolute atomic E-state index is 13.4. The third-order valence-electron chi connectivity index (χ3n) is 6.45. The summed E-state index contributed by atoms with van der Waals surface area (Å²) >= 11 is 0. The number of benzene rings is 2. The Bertz CT molecular complexity index is 1280. The fourth-order valence-corrected chi connectivity index (χ4v) is 4.36. The van der Waals surface area contributed by atoms with E-state index in [0.29, 0.717) is 29.8 Å². The molecule has 4 rings (SSSR count). The first-order valence-electron chi connectivity index (χ1n) is 11.9. The lowest BCUT2D eigenvalue weighted by molar-refractivity contribution is -0.137. The van der Waals surface area contributed by atoms with Gasteiger partial charge in [-0.15, -0.1) is 0 Å². The molecule has 0 saturated carbocycles. The van der Waals surface area contributed by atoms with E-state index in [-0.39, 0.29) is 37.0 Å². The van der Waals surface area contributed by atoms with Gasteiger partial charge in [-0.2, -0.15) is 13.2 Å². The number of alkyl halides is 3. The number of hydrogen-bond donors (Lipinski definition) is 2. The highest BCUT2D eigenvalue weighted by Crippen LogP contribution is 2.37. The number of anilines is 2. The molecule has 1 fully saturated rings. The highest BCUT2D eigenvalue weighted by molar-refractivity contribution is 5.99. The summed E-state index contributed by atoms with van der Waals surface area (Å²) in [6, 6.07) is 12.6. The Kier molecular flexibility index (Phi) is 7.63. The molecule has 1 aromatic heterocycles. The number of nitrogens with zero attached hydrogens (tertiary/aromatic N) is 1. The smallest absolute Gasteiger partial charge is 0.380 e. The van der Waals surface area contributed by atoms with Crippen LogP contribution < -0.4 is 10.6 Å². The standard InChI is InChI=1S/C28H28F3N3O3/c1-18-3-8-24(23(12-18)28(29,30)31)34-22-6-4-20(5-7-22)15-33-26(36)27(9-10-37-17-27)13-25(35)21-11-19(2)14-32-16-21/h3-8,11-12,14,16,34H,9-10,13,15,17H2,1-2H3,(H,33,36)/t27-/m0/s1. The van der Waals surface area contributed by atoms with Crippen LogP contribution in [0.2, 0.25) is 0 Å². The van der Waals surface area contributed by atoms with Gasteiger partial charge in [0.25, 0.3) is 0 Å². The molecule has 2 heterocycles. The largest absolute Gasteiger partial charge is 0.418 e. The molecule has 0 bridgehead atoms. The number of carbonyl (C=O) groups excluding carboxylic acids is 2. The van der Waals surface area contributed by atoms with Crippen LogP contribution in [0.15, 0.2) is 60.9 Å². The lowest BCUT2D eigenvalue weighted by Crippen LogP contribution is -2.42. The number of ether oxygens (including phenoxy) is 1. The van der Waals surface area contributed by atoms with Crippen molar-refractivity contribution in [3.05, 3.63) is 88.7 Å². The first-order valence-corrected chi connectivity index (χ1v) is 11.9. The van der Waals surface area contributed by atoms with E-state index in [4.69, 9.17) is 4.74 Å². The molecule has 1 aliphatic rings. The summed E-state index contributed by atoms with van der Waals surface area (Å²) in [5.74, 6) is -0.433. The van der Waals surface area contributed by atoms with E-state index in [1.165, 1.54) is 12.3 Å². The quantitative estimate of drug-likeness (QED) is 0.376. The second kappa shape index (κ2) is 10.7. The Hall–Kier alpha value is -3.72. The number of rotatable bonds is 8. The van der Waals surface area contributed by atoms with Crippen molar-refractivity contribution < 1.29 is 27.5 Å². The average Bonchev–Trinajstić information content (AvgIpc) is 3.33. The van der Waals surface area contributed by atoms with Gasteiger partial charge in [0.05, 0.1) is 23.3 Å². The molecule has 0 aliphatic carbocycles. The summed E-state index contributed by atoms with van der Waals surface area (Å²) in [4.78, 5) is 30.1. The molecular formula is C28H28F3N3O3. The number of pyridine rings is 1. The summed E-state index contributed by atoms with van der Waals surface area (Å²) < 4.78 is 45.7. The van der Waals surface area contributed by atoms with E-state index in [9.17, 15) is 22.8 Å². The van der Waals surface area contributed by atoms with E-state index < -0.39 is 17.2 Å². The summed E-state index contributed by atoms with van der Waals surface area (Å²) in [5.41, 5.74) is 1.38. The Balaban J connectivity index is 1.40. The van der Waals surface area contributed by atoms with Crippen LogP contribution in [0.5, 0.6) is 0 Å². The molecule has 0 unspecified atom stereocenters. The van der Waals surface area contributed by atoms with Crippen molar-refractivity contribution in [3.8, 4) is 0 Å². The number of amides is 1. The van der Waals surface area contributed by atoms with Crippen molar-refractivity contribution in [1.82, 2.24) is 10.3 Å². The Morgan fingerprint density at radius 1 is 1.03 bits per heavy atom. The SMILES string of the molecule is Cc1cncc(C(=O)C[C@@]2(C(=O)NCc3ccc(Nc4ccc(C)cc4C(F)(F)F)cc3)CCOC2)c1. The lowest BCUT2D eigenvalue weighted by Gasteiger charge is -2.25. The number of halogens is 3. The maximum Gasteiger partial charge on any atom is 0.418 e. The van der Waals surface area contributed by atoms with Crippen LogP contribution in [0.4, 0.5) is 24.5 Å². The molecule has 0 radical (unpaired) electrons. The predicted octanol–water partition coefficient (Wildman–Crippen LogP) is 5.76. The third kappa shape index (κ3) is 6.35. The Morgan fingerprint density at radius 2 is 1.78 bits per heavy atom. The Labute approximate surface area is 213 Å². The molecule has 0 spiro atoms. The zero-order chi connectivity index (χ0) is 26.6. The van der Waals surface area contributed by atoms with Gasteiger partial charge in [-0.05, 0) is 61.7 Å². The minimum atomic E-state index is -4.48. The van der Waals surface area contributed by atoms with Crippen LogP contribution in [-0.2, 0) is 22.3 Å². The number of carbonyl (C=O) groups is 2. The molecule has 3 aromatic rings. The minimum Gasteiger partial charge on any atom is -0.380 e. The van der Waals surface area contributed by atoms with Crippen LogP contribution >= 0.6 is 0 Å². The summed E-state index contributed by atoms with van der Waals surface area (Å²) in [6.07, 6.45) is -0.860. The number of aromatic nitrogens is 1. The lowest BCUT2D eigenvalue weighted by atomic mass is 9.80. The van der Waals surface area contributed by atoms with Gasteiger partial charge >= 0.3 is 6.18 Å². The monoisotopic (exact) mass is 511 g/mol. The van der Waals surface area contributed by atoms with Gasteiger partial charge in [0, 0.05) is 43.2 Å². The van der Waals surface area contributed by atoms with Gasteiger partial charge in [-0.3, -0.25) is 14.6 Å². The van der Waals surface area contributed by atoms with Gasteiger partial charge < -0.3 is 15.4 Å². The van der Waals surface area contributed by atoms with E-state index in [1.54, 1.807) is 49.5 Å². The van der Waals surface area contributed by atoms with Crippen LogP contribution in [-0.4, -0.2) is 29.9 Å². The van der Waals surface area contributed by atoms with Crippen molar-refractivity contribution in [2.45, 2.75) is 39.4 Å². The zero-order valence-electron chi connectivity index (χ0n) is 20.6. The molecule has 1 saturated heterocycles. The first-order chi connectivity index (χ1) is 17.6. The molecule has 6 nitrogen and oxygen atoms in total. The fraction of sp³-hybridized carbons (Fsp3) is 0.321. The van der Waals surface area contributed by atoms with E-state index in [1.807, 2.05) is 6.92 Å². The first kappa shape index (κ1) is 26.3. The third-order valence-corrected chi connectivity index (χ3v) is 6.45. The van der Waals surface area contributed by atoms with Gasteiger partial charge in [0.2, 0.25) is 5.91 Å². The van der Waals surface area contributed by atoms with Crippen molar-refractivity contribution >= 4 is 23.1 Å². The van der Waals surface area contributed by atoms with Gasteiger partial charge in [-0.25, -0.2) is 0 Å². The van der Waals surface area contributed by atoms with Crippen LogP contribution in [0.25, 0.3) is 0 Å². The zero-order valence-corrected chi connectivity index (χ0v) is 20.6. The molecule has 2 aromatic carbocycles. The van der Waals surface area contributed by atoms with E-state index >= 15 is 0 Å². The van der Waals surface area contributed by atoms with Crippen LogP contribution in [0, 0.1) is 19.3 Å². The number of aryl methyl sites for hydroxylation is 2. The molecule has 194 valence electrons. The molecule has 1 aliphatic heterocycles. The summed E-state index contributed by atoms with van der Waals surface area (Å²) in [6.45, 7) is 4.22. The molecule has 1 atom stereocenters. The Morgan fingerprint density at radius 3 is 2.43 bits per heavy atom.